The molecule has 0 aliphatic carbocycles. The lowest BCUT2D eigenvalue weighted by Crippen LogP contribution is -2.19. The molecule has 0 atom stereocenters. The van der Waals surface area contributed by atoms with E-state index in [1.54, 1.807) is 30.1 Å². The summed E-state index contributed by atoms with van der Waals surface area (Å²) in [6.07, 6.45) is 4.80. The summed E-state index contributed by atoms with van der Waals surface area (Å²) < 4.78 is 8.17. The van der Waals surface area contributed by atoms with E-state index in [1.807, 2.05) is 18.2 Å². The number of fused-ring (bicyclic) bond motifs is 1. The molecule has 0 saturated heterocycles. The second-order valence-electron chi connectivity index (χ2n) is 5.27. The topological polar surface area (TPSA) is 125 Å². The fraction of sp³-hybridized carbons (Fsp3) is 0.133. The van der Waals surface area contributed by atoms with Gasteiger partial charge in [0.25, 0.3) is 0 Å². The highest BCUT2D eigenvalue weighted by atomic mass is 16.5. The Morgan fingerprint density at radius 1 is 1.31 bits per heavy atom. The van der Waals surface area contributed by atoms with Gasteiger partial charge in [0.2, 0.25) is 17.7 Å². The fourth-order valence-electron chi connectivity index (χ4n) is 2.43. The zero-order valence-corrected chi connectivity index (χ0v) is 13.6. The van der Waals surface area contributed by atoms with Gasteiger partial charge in [-0.2, -0.15) is 4.98 Å². The molecule has 4 aromatic heterocycles. The maximum absolute atomic E-state index is 12.0. The Morgan fingerprint density at radius 2 is 2.23 bits per heavy atom. The third kappa shape index (κ3) is 3.05. The Morgan fingerprint density at radius 3 is 3.04 bits per heavy atom. The first-order chi connectivity index (χ1) is 12.7. The van der Waals surface area contributed by atoms with Crippen LogP contribution in [0.15, 0.2) is 43.0 Å². The first kappa shape index (κ1) is 15.6. The molecule has 11 nitrogen and oxygen atoms in total. The predicted octanol–water partition coefficient (Wildman–Crippen LogP) is 0.425. The number of amides is 1. The maximum atomic E-state index is 12.0. The van der Waals surface area contributed by atoms with Crippen molar-refractivity contribution in [1.29, 1.82) is 0 Å². The molecule has 0 aliphatic heterocycles. The number of nitrogens with one attached hydrogen (secondary N) is 1. The van der Waals surface area contributed by atoms with Crippen LogP contribution < -0.4 is 10.1 Å². The van der Waals surface area contributed by atoms with Gasteiger partial charge >= 0.3 is 0 Å². The number of methoxy groups -OCH3 is 1. The van der Waals surface area contributed by atoms with Crippen LogP contribution in [-0.2, 0) is 11.3 Å². The summed E-state index contributed by atoms with van der Waals surface area (Å²) in [5, 5.41) is 17.5. The number of anilines is 1. The quantitative estimate of drug-likeness (QED) is 0.548. The van der Waals surface area contributed by atoms with Crippen molar-refractivity contribution in [2.45, 2.75) is 6.54 Å². The first-order valence-corrected chi connectivity index (χ1v) is 7.59. The van der Waals surface area contributed by atoms with Crippen molar-refractivity contribution in [2.24, 2.45) is 0 Å². The van der Waals surface area contributed by atoms with Crippen LogP contribution in [0.25, 0.3) is 16.8 Å². The minimum Gasteiger partial charge on any atom is -0.481 e. The summed E-state index contributed by atoms with van der Waals surface area (Å²) in [5.74, 6) is 0.377. The SMILES string of the molecule is COc1ncccc1-c1ccc2nc(NC(=O)Cn3cnnn3)nn2c1. The van der Waals surface area contributed by atoms with Crippen LogP contribution in [0.1, 0.15) is 0 Å². The number of carbonyl (C=O) groups excluding carboxylic acids is 1. The van der Waals surface area contributed by atoms with E-state index in [0.29, 0.717) is 11.5 Å². The van der Waals surface area contributed by atoms with Gasteiger partial charge in [-0.15, -0.1) is 10.2 Å². The highest BCUT2D eigenvalue weighted by Gasteiger charge is 2.11. The number of hydrogen-bond acceptors (Lipinski definition) is 8. The minimum absolute atomic E-state index is 0.0271. The summed E-state index contributed by atoms with van der Waals surface area (Å²) >= 11 is 0. The Bertz CT molecular complexity index is 1060. The molecule has 0 fully saturated rings. The van der Waals surface area contributed by atoms with E-state index >= 15 is 0 Å². The molecule has 26 heavy (non-hydrogen) atoms. The molecule has 4 aromatic rings. The molecule has 11 heteroatoms. The van der Waals surface area contributed by atoms with Crippen molar-refractivity contribution in [1.82, 2.24) is 39.8 Å². The summed E-state index contributed by atoms with van der Waals surface area (Å²) in [4.78, 5) is 20.4. The van der Waals surface area contributed by atoms with Crippen molar-refractivity contribution >= 4 is 17.5 Å². The summed E-state index contributed by atoms with van der Waals surface area (Å²) in [6.45, 7) is -0.0271. The monoisotopic (exact) mass is 351 g/mol. The van der Waals surface area contributed by atoms with Crippen LogP contribution in [0.5, 0.6) is 5.88 Å². The number of nitrogens with zero attached hydrogens (tertiary/aromatic N) is 8. The minimum atomic E-state index is -0.331. The van der Waals surface area contributed by atoms with Gasteiger partial charge in [0.15, 0.2) is 5.65 Å². The maximum Gasteiger partial charge on any atom is 0.249 e. The number of ether oxygens (including phenoxy) is 1. The Labute approximate surface area is 146 Å². The molecule has 1 amide bonds. The van der Waals surface area contributed by atoms with Crippen molar-refractivity contribution in [2.75, 3.05) is 12.4 Å². The Balaban J connectivity index is 1.59. The molecule has 0 spiro atoms. The van der Waals surface area contributed by atoms with Crippen LogP contribution in [0, 0.1) is 0 Å². The lowest BCUT2D eigenvalue weighted by Gasteiger charge is -2.06. The van der Waals surface area contributed by atoms with Crippen molar-refractivity contribution < 1.29 is 9.53 Å². The van der Waals surface area contributed by atoms with Gasteiger partial charge in [0, 0.05) is 23.5 Å². The van der Waals surface area contributed by atoms with E-state index in [4.69, 9.17) is 4.74 Å². The normalized spacial score (nSPS) is 10.8. The second-order valence-corrected chi connectivity index (χ2v) is 5.27. The largest absolute Gasteiger partial charge is 0.481 e. The van der Waals surface area contributed by atoms with Crippen LogP contribution >= 0.6 is 0 Å². The molecular formula is C15H13N9O2. The molecule has 0 unspecified atom stereocenters. The summed E-state index contributed by atoms with van der Waals surface area (Å²) in [5.41, 5.74) is 2.28. The zero-order chi connectivity index (χ0) is 17.9. The third-order valence-electron chi connectivity index (χ3n) is 3.55. The molecule has 0 aliphatic rings. The number of rotatable bonds is 5. The molecule has 0 saturated carbocycles. The van der Waals surface area contributed by atoms with E-state index in [9.17, 15) is 4.79 Å². The lowest BCUT2D eigenvalue weighted by molar-refractivity contribution is -0.117. The van der Waals surface area contributed by atoms with Gasteiger partial charge in [-0.3, -0.25) is 10.1 Å². The van der Waals surface area contributed by atoms with Gasteiger partial charge in [-0.05, 0) is 34.7 Å². The van der Waals surface area contributed by atoms with Gasteiger partial charge in [-0.25, -0.2) is 14.2 Å². The van der Waals surface area contributed by atoms with Gasteiger partial charge in [0.05, 0.1) is 7.11 Å². The van der Waals surface area contributed by atoms with E-state index < -0.39 is 0 Å². The number of carbonyl (C=O) groups is 1. The molecule has 0 radical (unpaired) electrons. The van der Waals surface area contributed by atoms with Crippen LogP contribution in [0.3, 0.4) is 0 Å². The molecule has 0 aromatic carbocycles. The Kier molecular flexibility index (Phi) is 3.94. The fourth-order valence-corrected chi connectivity index (χ4v) is 2.43. The summed E-state index contributed by atoms with van der Waals surface area (Å²) in [7, 11) is 1.57. The van der Waals surface area contributed by atoms with E-state index in [-0.39, 0.29) is 18.4 Å². The smallest absolute Gasteiger partial charge is 0.249 e. The van der Waals surface area contributed by atoms with E-state index in [2.05, 4.69) is 35.9 Å². The molecule has 0 bridgehead atoms. The second kappa shape index (κ2) is 6.55. The van der Waals surface area contributed by atoms with Crippen LogP contribution in [0.4, 0.5) is 5.95 Å². The van der Waals surface area contributed by atoms with Gasteiger partial charge < -0.3 is 4.74 Å². The van der Waals surface area contributed by atoms with Crippen molar-refractivity contribution in [3.8, 4) is 17.0 Å². The molecule has 4 heterocycles. The standard InChI is InChI=1S/C15H13N9O2/c1-26-14-11(3-2-6-16-14)10-4-5-12-18-15(20-24(12)7-10)19-13(25)8-23-9-17-21-22-23/h2-7,9H,8H2,1H3,(H,19,20,25). The summed E-state index contributed by atoms with van der Waals surface area (Å²) in [6, 6.07) is 7.41. The lowest BCUT2D eigenvalue weighted by atomic mass is 10.1. The number of tetrazole rings is 1. The average molecular weight is 351 g/mol. The first-order valence-electron chi connectivity index (χ1n) is 7.59. The third-order valence-corrected chi connectivity index (χ3v) is 3.55. The number of hydrogen-bond donors (Lipinski definition) is 1. The number of pyridine rings is 2. The highest BCUT2D eigenvalue weighted by molar-refractivity contribution is 5.88. The van der Waals surface area contributed by atoms with E-state index in [0.717, 1.165) is 11.1 Å². The molecule has 1 N–H and O–H groups in total. The van der Waals surface area contributed by atoms with Crippen molar-refractivity contribution in [3.63, 3.8) is 0 Å². The Hall–Kier alpha value is -3.89. The predicted molar refractivity (Wildman–Crippen MR) is 89.2 cm³/mol. The van der Waals surface area contributed by atoms with Gasteiger partial charge in [0.1, 0.15) is 12.9 Å². The number of aromatic nitrogens is 8. The molecule has 4 rings (SSSR count). The van der Waals surface area contributed by atoms with Crippen molar-refractivity contribution in [3.05, 3.63) is 43.0 Å². The zero-order valence-electron chi connectivity index (χ0n) is 13.6. The van der Waals surface area contributed by atoms with E-state index in [1.165, 1.54) is 11.0 Å². The van der Waals surface area contributed by atoms with Crippen LogP contribution in [0.2, 0.25) is 0 Å². The molecular weight excluding hydrogens is 338 g/mol. The molecule has 130 valence electrons. The highest BCUT2D eigenvalue weighted by Crippen LogP contribution is 2.27. The van der Waals surface area contributed by atoms with Crippen LogP contribution in [-0.4, -0.2) is 52.8 Å². The van der Waals surface area contributed by atoms with Gasteiger partial charge in [-0.1, -0.05) is 0 Å². The average Bonchev–Trinajstić information content (AvgIpc) is 3.29.